The van der Waals surface area contributed by atoms with Crippen LogP contribution >= 0.6 is 0 Å². The number of amides is 2. The summed E-state index contributed by atoms with van der Waals surface area (Å²) in [5, 5.41) is 12.8. The first kappa shape index (κ1) is 14.7. The maximum atomic E-state index is 12.2. The summed E-state index contributed by atoms with van der Waals surface area (Å²) >= 11 is 0. The van der Waals surface area contributed by atoms with Gasteiger partial charge in [0, 0.05) is 11.1 Å². The summed E-state index contributed by atoms with van der Waals surface area (Å²) in [5.41, 5.74) is 1.40. The molecule has 0 atom stereocenters. The molecule has 3 N–H and O–H groups in total. The number of carbonyl (C=O) groups is 2. The highest BCUT2D eigenvalue weighted by molar-refractivity contribution is 6.04. The molecule has 0 aliphatic rings. The number of fused-ring (bicyclic) bond motifs is 1. The van der Waals surface area contributed by atoms with Crippen molar-refractivity contribution in [3.8, 4) is 0 Å². The average Bonchev–Trinajstić information content (AvgIpc) is 3.35. The fourth-order valence-electron chi connectivity index (χ4n) is 2.21. The van der Waals surface area contributed by atoms with E-state index in [4.69, 9.17) is 8.83 Å². The molecular formula is C16H11N5O4. The molecular weight excluding hydrogens is 326 g/mol. The van der Waals surface area contributed by atoms with Gasteiger partial charge in [-0.3, -0.25) is 20.0 Å². The molecule has 0 saturated carbocycles. The number of anilines is 2. The van der Waals surface area contributed by atoms with Crippen molar-refractivity contribution in [2.24, 2.45) is 0 Å². The summed E-state index contributed by atoms with van der Waals surface area (Å²) in [7, 11) is 0. The van der Waals surface area contributed by atoms with Gasteiger partial charge < -0.3 is 14.2 Å². The molecule has 0 radical (unpaired) electrons. The molecule has 0 aliphatic heterocycles. The SMILES string of the molecule is O=C(Nc1ccc2cn[nH]c2c1)c1coc(NC(=O)c2ccco2)n1. The zero-order valence-electron chi connectivity index (χ0n) is 12.6. The van der Waals surface area contributed by atoms with Crippen LogP contribution < -0.4 is 10.6 Å². The minimum absolute atomic E-state index is 0.0273. The van der Waals surface area contributed by atoms with Gasteiger partial charge in [-0.15, -0.1) is 0 Å². The Morgan fingerprint density at radius 3 is 2.84 bits per heavy atom. The average molecular weight is 337 g/mol. The molecule has 0 fully saturated rings. The molecule has 3 heterocycles. The van der Waals surface area contributed by atoms with E-state index < -0.39 is 11.8 Å². The second-order valence-corrected chi connectivity index (χ2v) is 5.10. The molecule has 124 valence electrons. The predicted molar refractivity (Wildman–Crippen MR) is 87.2 cm³/mol. The third-order valence-electron chi connectivity index (χ3n) is 3.40. The topological polar surface area (TPSA) is 126 Å². The van der Waals surface area contributed by atoms with E-state index in [0.29, 0.717) is 5.69 Å². The van der Waals surface area contributed by atoms with Gasteiger partial charge in [0.25, 0.3) is 11.8 Å². The van der Waals surface area contributed by atoms with Gasteiger partial charge in [-0.05, 0) is 30.3 Å². The Morgan fingerprint density at radius 1 is 1.08 bits per heavy atom. The number of rotatable bonds is 4. The van der Waals surface area contributed by atoms with Gasteiger partial charge in [0.1, 0.15) is 6.26 Å². The number of nitrogens with zero attached hydrogens (tertiary/aromatic N) is 2. The number of aromatic amines is 1. The molecule has 9 nitrogen and oxygen atoms in total. The monoisotopic (exact) mass is 337 g/mol. The second-order valence-electron chi connectivity index (χ2n) is 5.10. The molecule has 9 heteroatoms. The summed E-state index contributed by atoms with van der Waals surface area (Å²) < 4.78 is 10.0. The van der Waals surface area contributed by atoms with E-state index in [-0.39, 0.29) is 17.5 Å². The number of hydrogen-bond donors (Lipinski definition) is 3. The number of oxazole rings is 1. The minimum Gasteiger partial charge on any atom is -0.459 e. The largest absolute Gasteiger partial charge is 0.459 e. The third-order valence-corrected chi connectivity index (χ3v) is 3.40. The zero-order chi connectivity index (χ0) is 17.2. The van der Waals surface area contributed by atoms with Crippen molar-refractivity contribution in [1.29, 1.82) is 0 Å². The Kier molecular flexibility index (Phi) is 3.51. The molecule has 0 unspecified atom stereocenters. The lowest BCUT2D eigenvalue weighted by atomic mass is 10.2. The number of hydrogen-bond acceptors (Lipinski definition) is 6. The molecule has 0 aliphatic carbocycles. The van der Waals surface area contributed by atoms with E-state index in [1.807, 2.05) is 6.07 Å². The molecule has 25 heavy (non-hydrogen) atoms. The lowest BCUT2D eigenvalue weighted by Gasteiger charge is -2.02. The standard InChI is InChI=1S/C16H11N5O4/c22-14(18-10-4-3-9-7-17-21-11(9)6-10)12-8-25-16(19-12)20-15(23)13-2-1-5-24-13/h1-8H,(H,17,21)(H,18,22)(H,19,20,23). The van der Waals surface area contributed by atoms with Crippen LogP contribution in [0.5, 0.6) is 0 Å². The molecule has 0 spiro atoms. The van der Waals surface area contributed by atoms with Gasteiger partial charge in [-0.2, -0.15) is 10.1 Å². The summed E-state index contributed by atoms with van der Waals surface area (Å²) in [4.78, 5) is 28.0. The Hall–Kier alpha value is -3.88. The van der Waals surface area contributed by atoms with Crippen LogP contribution in [-0.4, -0.2) is 27.0 Å². The molecule has 1 aromatic carbocycles. The van der Waals surface area contributed by atoms with Crippen molar-refractivity contribution in [3.05, 3.63) is 60.5 Å². The number of carbonyl (C=O) groups excluding carboxylic acids is 2. The zero-order valence-corrected chi connectivity index (χ0v) is 12.6. The number of nitrogens with one attached hydrogen (secondary N) is 3. The number of H-pyrrole nitrogens is 1. The van der Waals surface area contributed by atoms with Crippen molar-refractivity contribution in [2.45, 2.75) is 0 Å². The van der Waals surface area contributed by atoms with E-state index in [0.717, 1.165) is 17.2 Å². The maximum Gasteiger partial charge on any atom is 0.302 e. The van der Waals surface area contributed by atoms with Gasteiger partial charge in [-0.25, -0.2) is 0 Å². The van der Waals surface area contributed by atoms with Crippen molar-refractivity contribution in [3.63, 3.8) is 0 Å². The molecule has 3 aromatic heterocycles. The van der Waals surface area contributed by atoms with Crippen LogP contribution in [0.3, 0.4) is 0 Å². The van der Waals surface area contributed by atoms with Crippen LogP contribution in [0.2, 0.25) is 0 Å². The Bertz CT molecular complexity index is 1050. The molecule has 4 aromatic rings. The normalized spacial score (nSPS) is 10.7. The smallest absolute Gasteiger partial charge is 0.302 e. The number of aromatic nitrogens is 3. The summed E-state index contributed by atoms with van der Waals surface area (Å²) in [6.45, 7) is 0. The van der Waals surface area contributed by atoms with Crippen LogP contribution in [0.1, 0.15) is 21.0 Å². The van der Waals surface area contributed by atoms with E-state index >= 15 is 0 Å². The summed E-state index contributed by atoms with van der Waals surface area (Å²) in [6.07, 6.45) is 4.22. The first-order valence-corrected chi connectivity index (χ1v) is 7.24. The fraction of sp³-hybridized carbons (Fsp3) is 0. The molecule has 0 bridgehead atoms. The number of furan rings is 1. The van der Waals surface area contributed by atoms with Crippen molar-refractivity contribution in [1.82, 2.24) is 15.2 Å². The van der Waals surface area contributed by atoms with Gasteiger partial charge >= 0.3 is 6.01 Å². The van der Waals surface area contributed by atoms with Crippen molar-refractivity contribution >= 4 is 34.4 Å². The van der Waals surface area contributed by atoms with Crippen LogP contribution in [-0.2, 0) is 0 Å². The quantitative estimate of drug-likeness (QED) is 0.525. The highest BCUT2D eigenvalue weighted by atomic mass is 16.4. The van der Waals surface area contributed by atoms with Gasteiger partial charge in [-0.1, -0.05) is 0 Å². The summed E-state index contributed by atoms with van der Waals surface area (Å²) in [6, 6.07) is 8.30. The van der Waals surface area contributed by atoms with Gasteiger partial charge in [0.05, 0.1) is 18.0 Å². The summed E-state index contributed by atoms with van der Waals surface area (Å²) in [5.74, 6) is -0.887. The van der Waals surface area contributed by atoms with Crippen LogP contribution in [0.25, 0.3) is 10.9 Å². The highest BCUT2D eigenvalue weighted by Crippen LogP contribution is 2.18. The Labute approximate surface area is 140 Å². The maximum absolute atomic E-state index is 12.2. The van der Waals surface area contributed by atoms with Gasteiger partial charge in [0.15, 0.2) is 11.5 Å². The van der Waals surface area contributed by atoms with Crippen LogP contribution in [0.4, 0.5) is 11.7 Å². The van der Waals surface area contributed by atoms with Crippen LogP contribution in [0, 0.1) is 0 Å². The lowest BCUT2D eigenvalue weighted by Crippen LogP contribution is -2.14. The molecule has 4 rings (SSSR count). The van der Waals surface area contributed by atoms with E-state index in [1.54, 1.807) is 24.4 Å². The first-order chi connectivity index (χ1) is 12.2. The van der Waals surface area contributed by atoms with Crippen molar-refractivity contribution in [2.75, 3.05) is 10.6 Å². The highest BCUT2D eigenvalue weighted by Gasteiger charge is 2.16. The van der Waals surface area contributed by atoms with E-state index in [9.17, 15) is 9.59 Å². The molecule has 0 saturated heterocycles. The third kappa shape index (κ3) is 2.98. The molecule has 2 amide bonds. The van der Waals surface area contributed by atoms with E-state index in [1.165, 1.54) is 12.3 Å². The van der Waals surface area contributed by atoms with Gasteiger partial charge in [0.2, 0.25) is 0 Å². The van der Waals surface area contributed by atoms with Crippen molar-refractivity contribution < 1.29 is 18.4 Å². The Balaban J connectivity index is 1.45. The Morgan fingerprint density at radius 2 is 2.00 bits per heavy atom. The number of benzene rings is 1. The fourth-order valence-corrected chi connectivity index (χ4v) is 2.21. The van der Waals surface area contributed by atoms with Crippen LogP contribution in [0.15, 0.2) is 57.9 Å². The first-order valence-electron chi connectivity index (χ1n) is 7.24. The lowest BCUT2D eigenvalue weighted by molar-refractivity contribution is 0.0990. The minimum atomic E-state index is -0.525. The predicted octanol–water partition coefficient (Wildman–Crippen LogP) is 2.65. The van der Waals surface area contributed by atoms with E-state index in [2.05, 4.69) is 25.8 Å². The second kappa shape index (κ2) is 5.96.